The molecule has 1 aromatic heterocycles. The standard InChI is InChI=1S/C12H14N2O/c1-8-3-10-5-13-14(11-6-15-7-11)12(10)4-9(8)2/h3-5,11H,6-7H2,1-2H3. The molecule has 0 saturated carbocycles. The Balaban J connectivity index is 2.19. The first-order chi connectivity index (χ1) is 7.25. The summed E-state index contributed by atoms with van der Waals surface area (Å²) >= 11 is 0. The monoisotopic (exact) mass is 202 g/mol. The third kappa shape index (κ3) is 1.27. The summed E-state index contributed by atoms with van der Waals surface area (Å²) in [5, 5.41) is 5.66. The molecule has 0 bridgehead atoms. The van der Waals surface area contributed by atoms with Crippen molar-refractivity contribution >= 4 is 10.9 Å². The number of nitrogens with zero attached hydrogens (tertiary/aromatic N) is 2. The summed E-state index contributed by atoms with van der Waals surface area (Å²) in [5.41, 5.74) is 3.88. The zero-order valence-corrected chi connectivity index (χ0v) is 9.03. The first kappa shape index (κ1) is 8.92. The molecule has 0 atom stereocenters. The van der Waals surface area contributed by atoms with E-state index in [9.17, 15) is 0 Å². The quantitative estimate of drug-likeness (QED) is 0.709. The van der Waals surface area contributed by atoms with Crippen molar-refractivity contribution < 1.29 is 4.74 Å². The van der Waals surface area contributed by atoms with E-state index >= 15 is 0 Å². The zero-order valence-electron chi connectivity index (χ0n) is 9.03. The largest absolute Gasteiger partial charge is 0.377 e. The van der Waals surface area contributed by atoms with Gasteiger partial charge in [-0.1, -0.05) is 0 Å². The van der Waals surface area contributed by atoms with Crippen LogP contribution >= 0.6 is 0 Å². The average molecular weight is 202 g/mol. The Hall–Kier alpha value is -1.35. The van der Waals surface area contributed by atoms with E-state index in [1.54, 1.807) is 0 Å². The van der Waals surface area contributed by atoms with Crippen LogP contribution in [0.4, 0.5) is 0 Å². The first-order valence-corrected chi connectivity index (χ1v) is 5.28. The van der Waals surface area contributed by atoms with Crippen molar-refractivity contribution in [2.75, 3.05) is 13.2 Å². The first-order valence-electron chi connectivity index (χ1n) is 5.28. The van der Waals surface area contributed by atoms with E-state index in [1.165, 1.54) is 22.0 Å². The molecule has 3 rings (SSSR count). The van der Waals surface area contributed by atoms with Crippen molar-refractivity contribution in [1.82, 2.24) is 9.78 Å². The topological polar surface area (TPSA) is 27.1 Å². The van der Waals surface area contributed by atoms with Crippen molar-refractivity contribution in [3.63, 3.8) is 0 Å². The predicted molar refractivity (Wildman–Crippen MR) is 59.1 cm³/mol. The molecule has 0 radical (unpaired) electrons. The molecular weight excluding hydrogens is 188 g/mol. The number of benzene rings is 1. The summed E-state index contributed by atoms with van der Waals surface area (Å²) in [5.74, 6) is 0. The van der Waals surface area contributed by atoms with Crippen molar-refractivity contribution in [1.29, 1.82) is 0 Å². The maximum atomic E-state index is 5.20. The maximum absolute atomic E-state index is 5.20. The van der Waals surface area contributed by atoms with Gasteiger partial charge >= 0.3 is 0 Å². The van der Waals surface area contributed by atoms with Crippen molar-refractivity contribution in [3.05, 3.63) is 29.5 Å². The lowest BCUT2D eigenvalue weighted by atomic mass is 10.1. The van der Waals surface area contributed by atoms with E-state index < -0.39 is 0 Å². The van der Waals surface area contributed by atoms with Crippen LogP contribution in [0.1, 0.15) is 17.2 Å². The Bertz CT molecular complexity index is 512. The lowest BCUT2D eigenvalue weighted by Gasteiger charge is -2.26. The summed E-state index contributed by atoms with van der Waals surface area (Å²) in [6.45, 7) is 5.87. The summed E-state index contributed by atoms with van der Waals surface area (Å²) in [6, 6.07) is 4.86. The number of rotatable bonds is 1. The lowest BCUT2D eigenvalue weighted by Crippen LogP contribution is -2.31. The zero-order chi connectivity index (χ0) is 10.4. The van der Waals surface area contributed by atoms with Gasteiger partial charge in [-0.3, -0.25) is 4.68 Å². The van der Waals surface area contributed by atoms with Crippen LogP contribution in [0.5, 0.6) is 0 Å². The minimum atomic E-state index is 0.435. The minimum Gasteiger partial charge on any atom is -0.377 e. The molecular formula is C12H14N2O. The molecule has 0 amide bonds. The lowest BCUT2D eigenvalue weighted by molar-refractivity contribution is -0.0266. The van der Waals surface area contributed by atoms with Crippen LogP contribution in [0.3, 0.4) is 0 Å². The second kappa shape index (κ2) is 3.07. The van der Waals surface area contributed by atoms with Gasteiger partial charge in [-0.2, -0.15) is 5.10 Å². The van der Waals surface area contributed by atoms with Gasteiger partial charge in [0.1, 0.15) is 0 Å². The Kier molecular flexibility index (Phi) is 1.83. The predicted octanol–water partition coefficient (Wildman–Crippen LogP) is 2.22. The molecule has 2 heterocycles. The molecule has 1 aliphatic heterocycles. The fraction of sp³-hybridized carbons (Fsp3) is 0.417. The molecule has 0 aliphatic carbocycles. The van der Waals surface area contributed by atoms with Crippen molar-refractivity contribution in [2.24, 2.45) is 0 Å². The SMILES string of the molecule is Cc1cc2cnn(C3COC3)c2cc1C. The highest BCUT2D eigenvalue weighted by Crippen LogP contribution is 2.25. The van der Waals surface area contributed by atoms with E-state index in [2.05, 4.69) is 35.8 Å². The van der Waals surface area contributed by atoms with Gasteiger partial charge in [-0.05, 0) is 37.1 Å². The molecule has 15 heavy (non-hydrogen) atoms. The Labute approximate surface area is 88.7 Å². The number of aromatic nitrogens is 2. The van der Waals surface area contributed by atoms with Crippen molar-refractivity contribution in [2.45, 2.75) is 19.9 Å². The van der Waals surface area contributed by atoms with Crippen LogP contribution in [-0.2, 0) is 4.74 Å². The molecule has 0 spiro atoms. The molecule has 78 valence electrons. The normalized spacial score (nSPS) is 16.9. The smallest absolute Gasteiger partial charge is 0.0992 e. The molecule has 1 saturated heterocycles. The second-order valence-corrected chi connectivity index (χ2v) is 4.28. The van der Waals surface area contributed by atoms with Gasteiger partial charge < -0.3 is 4.74 Å². The number of aryl methyl sites for hydroxylation is 2. The molecule has 3 heteroatoms. The van der Waals surface area contributed by atoms with Gasteiger partial charge in [0.05, 0.1) is 31.0 Å². The Morgan fingerprint density at radius 3 is 2.67 bits per heavy atom. The molecule has 0 unspecified atom stereocenters. The van der Waals surface area contributed by atoms with Crippen LogP contribution in [-0.4, -0.2) is 23.0 Å². The third-order valence-electron chi connectivity index (χ3n) is 3.18. The summed E-state index contributed by atoms with van der Waals surface area (Å²) < 4.78 is 7.29. The summed E-state index contributed by atoms with van der Waals surface area (Å²) in [4.78, 5) is 0. The van der Waals surface area contributed by atoms with Gasteiger partial charge in [0, 0.05) is 5.39 Å². The fourth-order valence-corrected chi connectivity index (χ4v) is 1.97. The molecule has 0 N–H and O–H groups in total. The highest BCUT2D eigenvalue weighted by Gasteiger charge is 2.22. The molecule has 1 fully saturated rings. The van der Waals surface area contributed by atoms with E-state index in [4.69, 9.17) is 4.74 Å². The maximum Gasteiger partial charge on any atom is 0.0992 e. The highest BCUT2D eigenvalue weighted by atomic mass is 16.5. The number of fused-ring (bicyclic) bond motifs is 1. The third-order valence-corrected chi connectivity index (χ3v) is 3.18. The number of hydrogen-bond donors (Lipinski definition) is 0. The van der Waals surface area contributed by atoms with Crippen LogP contribution in [0, 0.1) is 13.8 Å². The van der Waals surface area contributed by atoms with Gasteiger partial charge in [0.2, 0.25) is 0 Å². The number of hydrogen-bond acceptors (Lipinski definition) is 2. The van der Waals surface area contributed by atoms with Gasteiger partial charge in [0.15, 0.2) is 0 Å². The van der Waals surface area contributed by atoms with E-state index in [1.807, 2.05) is 6.20 Å². The number of ether oxygens (including phenoxy) is 1. The molecule has 2 aromatic rings. The van der Waals surface area contributed by atoms with Gasteiger partial charge in [-0.25, -0.2) is 0 Å². The van der Waals surface area contributed by atoms with Gasteiger partial charge in [0.25, 0.3) is 0 Å². The van der Waals surface area contributed by atoms with E-state index in [0.717, 1.165) is 13.2 Å². The Morgan fingerprint density at radius 2 is 2.00 bits per heavy atom. The van der Waals surface area contributed by atoms with E-state index in [-0.39, 0.29) is 0 Å². The molecule has 3 nitrogen and oxygen atoms in total. The summed E-state index contributed by atoms with van der Waals surface area (Å²) in [7, 11) is 0. The molecule has 1 aliphatic rings. The molecule has 1 aromatic carbocycles. The van der Waals surface area contributed by atoms with Crippen molar-refractivity contribution in [3.8, 4) is 0 Å². The second-order valence-electron chi connectivity index (χ2n) is 4.28. The Morgan fingerprint density at radius 1 is 1.27 bits per heavy atom. The van der Waals surface area contributed by atoms with Crippen LogP contribution < -0.4 is 0 Å². The van der Waals surface area contributed by atoms with Crippen LogP contribution in [0.2, 0.25) is 0 Å². The fourth-order valence-electron chi connectivity index (χ4n) is 1.97. The summed E-state index contributed by atoms with van der Waals surface area (Å²) in [6.07, 6.45) is 1.94. The van der Waals surface area contributed by atoms with Crippen LogP contribution in [0.15, 0.2) is 18.3 Å². The van der Waals surface area contributed by atoms with E-state index in [0.29, 0.717) is 6.04 Å². The van der Waals surface area contributed by atoms with Crippen LogP contribution in [0.25, 0.3) is 10.9 Å². The average Bonchev–Trinajstić information content (AvgIpc) is 2.48. The minimum absolute atomic E-state index is 0.435. The van der Waals surface area contributed by atoms with Gasteiger partial charge in [-0.15, -0.1) is 0 Å². The highest BCUT2D eigenvalue weighted by molar-refractivity contribution is 5.80.